The highest BCUT2D eigenvalue weighted by atomic mass is 14.7. The van der Waals surface area contributed by atoms with E-state index in [1.54, 1.807) is 18.5 Å². The summed E-state index contributed by atoms with van der Waals surface area (Å²) in [4.78, 5) is 8.61. The summed E-state index contributed by atoms with van der Waals surface area (Å²) in [6, 6.07) is 16.0. The number of hydrogen-bond donors (Lipinski definition) is 0. The van der Waals surface area contributed by atoms with E-state index in [0.29, 0.717) is 0 Å². The minimum atomic E-state index is 0.968. The third-order valence-corrected chi connectivity index (χ3v) is 2.70. The molecule has 1 aromatic carbocycles. The molecule has 2 heterocycles. The largest absolute Gasteiger partial charge is 0.265 e. The maximum atomic E-state index is 4.58. The Morgan fingerprint density at radius 3 is 2.55 bits per heavy atom. The predicted octanol–water partition coefficient (Wildman–Crippen LogP) is 4.40. The second-order valence-corrected chi connectivity index (χ2v) is 4.32. The molecule has 2 heteroatoms. The van der Waals surface area contributed by atoms with E-state index < -0.39 is 0 Å². The van der Waals surface area contributed by atoms with E-state index >= 15 is 0 Å². The lowest BCUT2D eigenvalue weighted by molar-refractivity contribution is 1.25. The molecule has 3 aromatic rings. The van der Waals surface area contributed by atoms with E-state index in [4.69, 9.17) is 0 Å². The smallest absolute Gasteiger partial charge is 0.0874 e. The minimum absolute atomic E-state index is 0.968. The van der Waals surface area contributed by atoms with Crippen molar-refractivity contribution in [2.24, 2.45) is 0 Å². The summed E-state index contributed by atoms with van der Waals surface area (Å²) in [5.41, 5.74) is 4.15. The van der Waals surface area contributed by atoms with Gasteiger partial charge in [0.15, 0.2) is 0 Å². The van der Waals surface area contributed by atoms with Gasteiger partial charge in [-0.05, 0) is 49.7 Å². The molecule has 2 nitrogen and oxygen atoms in total. The monoisotopic (exact) mass is 260 g/mol. The number of hydrogen-bond acceptors (Lipinski definition) is 2. The summed E-state index contributed by atoms with van der Waals surface area (Å²) in [5, 5.41) is 0.991. The first kappa shape index (κ1) is 13.8. The fourth-order valence-corrected chi connectivity index (χ4v) is 1.87. The van der Waals surface area contributed by atoms with Crippen LogP contribution in [0.25, 0.3) is 22.0 Å². The topological polar surface area (TPSA) is 25.8 Å². The average Bonchev–Trinajstić information content (AvgIpc) is 2.48. The molecular weight excluding hydrogens is 244 g/mol. The second kappa shape index (κ2) is 6.49. The van der Waals surface area contributed by atoms with Gasteiger partial charge in [0.2, 0.25) is 0 Å². The van der Waals surface area contributed by atoms with Crippen molar-refractivity contribution < 1.29 is 0 Å². The highest BCUT2D eigenvalue weighted by Gasteiger charge is 2.04. The maximum absolute atomic E-state index is 4.58. The van der Waals surface area contributed by atoms with Gasteiger partial charge in [-0.2, -0.15) is 0 Å². The molecule has 0 saturated carbocycles. The minimum Gasteiger partial charge on any atom is -0.265 e. The average molecular weight is 260 g/mol. The van der Waals surface area contributed by atoms with Crippen LogP contribution in [0, 0.1) is 19.1 Å². The van der Waals surface area contributed by atoms with E-state index in [1.807, 2.05) is 44.2 Å². The van der Waals surface area contributed by atoms with Crippen LogP contribution in [0.1, 0.15) is 12.6 Å². The third kappa shape index (κ3) is 3.02. The molecule has 2 aromatic heterocycles. The van der Waals surface area contributed by atoms with Gasteiger partial charge in [-0.25, -0.2) is 0 Å². The summed E-state index contributed by atoms with van der Waals surface area (Å²) in [6.07, 6.45) is 5.32. The SMILES string of the molecule is C=CC.Cc1ccc2c#ccc(-c3ccncc3)c2n1. The highest BCUT2D eigenvalue weighted by molar-refractivity contribution is 5.92. The number of pyridine rings is 2. The standard InChI is InChI=1S/C15H10N2.C3H6/c1-11-5-6-13-3-2-4-14(15(13)17-11)12-7-9-16-10-8-12;1-3-2/h4-10H,1H3;3H,1H2,2H3. The van der Waals surface area contributed by atoms with Crippen LogP contribution in [0.5, 0.6) is 0 Å². The van der Waals surface area contributed by atoms with Crippen molar-refractivity contribution in [2.75, 3.05) is 0 Å². The zero-order valence-corrected chi connectivity index (χ0v) is 11.7. The summed E-state index contributed by atoms with van der Waals surface area (Å²) in [5.74, 6) is 0. The van der Waals surface area contributed by atoms with Crippen LogP contribution in [-0.2, 0) is 0 Å². The lowest BCUT2D eigenvalue weighted by Crippen LogP contribution is -1.86. The molecule has 3 rings (SSSR count). The van der Waals surface area contributed by atoms with Gasteiger partial charge in [-0.3, -0.25) is 9.97 Å². The van der Waals surface area contributed by atoms with E-state index in [1.165, 1.54) is 0 Å². The van der Waals surface area contributed by atoms with E-state index in [9.17, 15) is 0 Å². The zero-order chi connectivity index (χ0) is 14.4. The molecule has 0 saturated heterocycles. The van der Waals surface area contributed by atoms with Crippen LogP contribution >= 0.6 is 0 Å². The molecule has 0 aliphatic heterocycles. The first-order chi connectivity index (χ1) is 9.76. The Morgan fingerprint density at radius 2 is 1.85 bits per heavy atom. The zero-order valence-electron chi connectivity index (χ0n) is 11.7. The molecule has 0 N–H and O–H groups in total. The van der Waals surface area contributed by atoms with Gasteiger partial charge >= 0.3 is 0 Å². The van der Waals surface area contributed by atoms with Gasteiger partial charge in [0.25, 0.3) is 0 Å². The van der Waals surface area contributed by atoms with E-state index in [-0.39, 0.29) is 0 Å². The van der Waals surface area contributed by atoms with Gasteiger partial charge < -0.3 is 0 Å². The molecule has 0 amide bonds. The van der Waals surface area contributed by atoms with Gasteiger partial charge in [0.05, 0.1) is 10.9 Å². The molecule has 0 aliphatic rings. The fourth-order valence-electron chi connectivity index (χ4n) is 1.87. The second-order valence-electron chi connectivity index (χ2n) is 4.32. The lowest BCUT2D eigenvalue weighted by Gasteiger charge is -2.03. The molecule has 0 spiro atoms. The quantitative estimate of drug-likeness (QED) is 0.606. The number of fused-ring (bicyclic) bond motifs is 1. The number of aromatic nitrogens is 2. The van der Waals surface area contributed by atoms with Gasteiger partial charge in [0.1, 0.15) is 0 Å². The van der Waals surface area contributed by atoms with Crippen molar-refractivity contribution in [3.8, 4) is 11.1 Å². The first-order valence-electron chi connectivity index (χ1n) is 6.43. The van der Waals surface area contributed by atoms with Crippen molar-refractivity contribution in [1.82, 2.24) is 9.97 Å². The van der Waals surface area contributed by atoms with Crippen LogP contribution in [0.15, 0.2) is 55.4 Å². The van der Waals surface area contributed by atoms with Gasteiger partial charge in [-0.1, -0.05) is 18.2 Å². The molecule has 0 unspecified atom stereocenters. The van der Waals surface area contributed by atoms with Crippen LogP contribution in [0.2, 0.25) is 0 Å². The van der Waals surface area contributed by atoms with Crippen molar-refractivity contribution in [1.29, 1.82) is 0 Å². The highest BCUT2D eigenvalue weighted by Crippen LogP contribution is 2.24. The Kier molecular flexibility index (Phi) is 4.47. The molecule has 98 valence electrons. The Bertz CT molecular complexity index is 703. The van der Waals surface area contributed by atoms with Gasteiger partial charge in [0, 0.05) is 23.7 Å². The van der Waals surface area contributed by atoms with Crippen LogP contribution in [0.3, 0.4) is 0 Å². The Balaban J connectivity index is 0.000000452. The summed E-state index contributed by atoms with van der Waals surface area (Å²) >= 11 is 0. The van der Waals surface area contributed by atoms with Crippen LogP contribution in [-0.4, -0.2) is 9.97 Å². The number of allylic oxidation sites excluding steroid dienone is 1. The molecule has 0 aliphatic carbocycles. The third-order valence-electron chi connectivity index (χ3n) is 2.70. The fraction of sp³-hybridized carbons (Fsp3) is 0.111. The van der Waals surface area contributed by atoms with Crippen molar-refractivity contribution in [2.45, 2.75) is 13.8 Å². The Labute approximate surface area is 119 Å². The maximum Gasteiger partial charge on any atom is 0.0874 e. The van der Waals surface area contributed by atoms with Crippen LogP contribution in [0.4, 0.5) is 0 Å². The first-order valence-corrected chi connectivity index (χ1v) is 6.43. The van der Waals surface area contributed by atoms with Crippen molar-refractivity contribution >= 4 is 10.9 Å². The van der Waals surface area contributed by atoms with Crippen molar-refractivity contribution in [3.63, 3.8) is 0 Å². The molecule has 0 atom stereocenters. The number of rotatable bonds is 1. The molecular formula is C18H16N2. The normalized spacial score (nSPS) is 9.30. The molecule has 0 bridgehead atoms. The van der Waals surface area contributed by atoms with Crippen LogP contribution < -0.4 is 0 Å². The predicted molar refractivity (Wildman–Crippen MR) is 83.3 cm³/mol. The molecule has 0 radical (unpaired) electrons. The summed E-state index contributed by atoms with van der Waals surface area (Å²) < 4.78 is 0. The van der Waals surface area contributed by atoms with Crippen molar-refractivity contribution in [3.05, 3.63) is 73.2 Å². The summed E-state index contributed by atoms with van der Waals surface area (Å²) in [6.45, 7) is 7.24. The Hall–Kier alpha value is -2.66. The van der Waals surface area contributed by atoms with E-state index in [0.717, 1.165) is 27.7 Å². The summed E-state index contributed by atoms with van der Waals surface area (Å²) in [7, 11) is 0. The van der Waals surface area contributed by atoms with Gasteiger partial charge in [-0.15, -0.1) is 6.58 Å². The lowest BCUT2D eigenvalue weighted by atomic mass is 10.0. The van der Waals surface area contributed by atoms with E-state index in [2.05, 4.69) is 28.7 Å². The Morgan fingerprint density at radius 1 is 1.15 bits per heavy atom. The molecule has 20 heavy (non-hydrogen) atoms. The number of aryl methyl sites for hydroxylation is 1. The number of nitrogens with zero attached hydrogens (tertiary/aromatic N) is 2. The molecule has 0 fully saturated rings.